The molecular weight excluding hydrogens is 143 g/mol. The molecule has 1 heterocycles. The number of rotatable bonds is 2. The van der Waals surface area contributed by atoms with Crippen LogP contribution in [0.4, 0.5) is 4.39 Å². The predicted molar refractivity (Wildman–Crippen MR) is 40.4 cm³/mol. The van der Waals surface area contributed by atoms with E-state index in [1.807, 2.05) is 0 Å². The smallest absolute Gasteiger partial charge is 0.191 e. The molecule has 0 spiro atoms. The van der Waals surface area contributed by atoms with Gasteiger partial charge in [-0.05, 0) is 30.4 Å². The summed E-state index contributed by atoms with van der Waals surface area (Å²) >= 11 is 0. The Kier molecular flexibility index (Phi) is 1.46. The lowest BCUT2D eigenvalue weighted by Crippen LogP contribution is -2.10. The zero-order valence-corrected chi connectivity index (χ0v) is 6.18. The van der Waals surface area contributed by atoms with Crippen LogP contribution in [0.5, 0.6) is 0 Å². The van der Waals surface area contributed by atoms with Crippen molar-refractivity contribution in [3.8, 4) is 0 Å². The van der Waals surface area contributed by atoms with Crippen molar-refractivity contribution in [2.24, 2.45) is 11.7 Å². The van der Waals surface area contributed by atoms with Crippen molar-refractivity contribution in [3.05, 3.63) is 23.8 Å². The summed E-state index contributed by atoms with van der Waals surface area (Å²) in [6, 6.07) is 1.51. The fourth-order valence-corrected chi connectivity index (χ4v) is 1.30. The molecule has 0 radical (unpaired) electrons. The summed E-state index contributed by atoms with van der Waals surface area (Å²) in [6.45, 7) is 0. The normalized spacial score (nSPS) is 20.2. The molecule has 2 rings (SSSR count). The van der Waals surface area contributed by atoms with E-state index in [-0.39, 0.29) is 12.0 Å². The van der Waals surface area contributed by atoms with Gasteiger partial charge in [-0.1, -0.05) is 0 Å². The van der Waals surface area contributed by atoms with Gasteiger partial charge in [-0.2, -0.15) is 4.39 Å². The molecule has 1 saturated carbocycles. The molecule has 2 nitrogen and oxygen atoms in total. The maximum Gasteiger partial charge on any atom is 0.191 e. The Morgan fingerprint density at radius 1 is 1.64 bits per heavy atom. The lowest BCUT2D eigenvalue weighted by molar-refractivity contribution is 0.589. The summed E-state index contributed by atoms with van der Waals surface area (Å²) in [5.41, 5.74) is 6.72. The van der Waals surface area contributed by atoms with Crippen molar-refractivity contribution < 1.29 is 4.39 Å². The molecule has 1 fully saturated rings. The number of nitrogens with two attached hydrogens (primary N) is 1. The molecule has 1 aromatic rings. The first kappa shape index (κ1) is 6.85. The molecule has 0 aliphatic heterocycles. The summed E-state index contributed by atoms with van der Waals surface area (Å²) in [4.78, 5) is 2.49. The third-order valence-corrected chi connectivity index (χ3v) is 2.18. The maximum atomic E-state index is 12.5. The average Bonchev–Trinajstić information content (AvgIpc) is 2.74. The van der Waals surface area contributed by atoms with Crippen LogP contribution >= 0.6 is 0 Å². The molecule has 0 saturated heterocycles. The number of hydrogen-bond acceptors (Lipinski definition) is 1. The Hall–Kier alpha value is -0.830. The van der Waals surface area contributed by atoms with Gasteiger partial charge in [0.1, 0.15) is 0 Å². The molecule has 0 bridgehead atoms. The molecular formula is C8H11FN2. The minimum atomic E-state index is -0.295. The Morgan fingerprint density at radius 3 is 2.82 bits per heavy atom. The van der Waals surface area contributed by atoms with Gasteiger partial charge in [-0.25, -0.2) is 0 Å². The van der Waals surface area contributed by atoms with E-state index >= 15 is 0 Å². The quantitative estimate of drug-likeness (QED) is 0.667. The molecule has 60 valence electrons. The van der Waals surface area contributed by atoms with Crippen LogP contribution in [0.25, 0.3) is 0 Å². The van der Waals surface area contributed by atoms with E-state index in [2.05, 4.69) is 4.98 Å². The van der Waals surface area contributed by atoms with Gasteiger partial charge in [0.25, 0.3) is 0 Å². The fourth-order valence-electron chi connectivity index (χ4n) is 1.30. The lowest BCUT2D eigenvalue weighted by Gasteiger charge is -2.05. The van der Waals surface area contributed by atoms with E-state index < -0.39 is 0 Å². The van der Waals surface area contributed by atoms with Crippen LogP contribution in [-0.2, 0) is 0 Å². The van der Waals surface area contributed by atoms with Crippen molar-refractivity contribution in [2.45, 2.75) is 18.9 Å². The van der Waals surface area contributed by atoms with Crippen molar-refractivity contribution in [2.75, 3.05) is 0 Å². The molecule has 0 amide bonds. The third-order valence-electron chi connectivity index (χ3n) is 2.18. The Bertz CT molecular complexity index is 252. The van der Waals surface area contributed by atoms with Gasteiger partial charge >= 0.3 is 0 Å². The van der Waals surface area contributed by atoms with Crippen molar-refractivity contribution in [1.29, 1.82) is 0 Å². The summed E-state index contributed by atoms with van der Waals surface area (Å²) in [7, 11) is 0. The highest BCUT2D eigenvalue weighted by molar-refractivity contribution is 5.17. The highest BCUT2D eigenvalue weighted by atomic mass is 19.1. The largest absolute Gasteiger partial charge is 0.338 e. The molecule has 1 aliphatic rings. The second kappa shape index (κ2) is 2.34. The molecule has 1 unspecified atom stereocenters. The van der Waals surface area contributed by atoms with E-state index in [1.165, 1.54) is 18.9 Å². The van der Waals surface area contributed by atoms with Gasteiger partial charge in [-0.15, -0.1) is 0 Å². The Labute approximate surface area is 64.6 Å². The van der Waals surface area contributed by atoms with Gasteiger partial charge in [0.2, 0.25) is 0 Å². The number of nitrogens with one attached hydrogen (secondary N) is 1. The second-order valence-electron chi connectivity index (χ2n) is 3.14. The summed E-state index contributed by atoms with van der Waals surface area (Å²) < 4.78 is 12.5. The number of aromatic amines is 1. The van der Waals surface area contributed by atoms with Gasteiger partial charge in [0, 0.05) is 12.2 Å². The molecule has 1 aromatic heterocycles. The van der Waals surface area contributed by atoms with Crippen LogP contribution in [0.1, 0.15) is 24.4 Å². The lowest BCUT2D eigenvalue weighted by atomic mass is 10.1. The minimum Gasteiger partial charge on any atom is -0.338 e. The van der Waals surface area contributed by atoms with Crippen LogP contribution in [0.2, 0.25) is 0 Å². The molecule has 1 aliphatic carbocycles. The molecule has 11 heavy (non-hydrogen) atoms. The first-order valence-corrected chi connectivity index (χ1v) is 3.87. The van der Waals surface area contributed by atoms with Crippen LogP contribution in [0.15, 0.2) is 12.3 Å². The van der Waals surface area contributed by atoms with Gasteiger partial charge < -0.3 is 10.7 Å². The molecule has 3 heteroatoms. The van der Waals surface area contributed by atoms with Gasteiger partial charge in [-0.3, -0.25) is 0 Å². The monoisotopic (exact) mass is 154 g/mol. The molecule has 1 atom stereocenters. The van der Waals surface area contributed by atoms with Gasteiger partial charge in [0.15, 0.2) is 5.95 Å². The van der Waals surface area contributed by atoms with Crippen molar-refractivity contribution in [3.63, 3.8) is 0 Å². The number of halogens is 1. The second-order valence-corrected chi connectivity index (χ2v) is 3.14. The van der Waals surface area contributed by atoms with E-state index in [0.29, 0.717) is 5.92 Å². The van der Waals surface area contributed by atoms with Crippen LogP contribution in [0, 0.1) is 11.9 Å². The number of H-pyrrole nitrogens is 1. The predicted octanol–water partition coefficient (Wildman–Crippen LogP) is 1.56. The Balaban J connectivity index is 2.14. The van der Waals surface area contributed by atoms with E-state index in [4.69, 9.17) is 5.73 Å². The van der Waals surface area contributed by atoms with Crippen molar-refractivity contribution in [1.82, 2.24) is 4.98 Å². The summed E-state index contributed by atoms with van der Waals surface area (Å²) in [6.07, 6.45) is 4.03. The van der Waals surface area contributed by atoms with Crippen molar-refractivity contribution >= 4 is 0 Å². The fraction of sp³-hybridized carbons (Fsp3) is 0.500. The topological polar surface area (TPSA) is 41.8 Å². The summed E-state index contributed by atoms with van der Waals surface area (Å²) in [5.74, 6) is 0.293. The van der Waals surface area contributed by atoms with E-state index in [1.54, 1.807) is 6.20 Å². The summed E-state index contributed by atoms with van der Waals surface area (Å²) in [5, 5.41) is 0. The van der Waals surface area contributed by atoms with E-state index in [9.17, 15) is 4.39 Å². The van der Waals surface area contributed by atoms with E-state index in [0.717, 1.165) is 5.56 Å². The van der Waals surface area contributed by atoms with Crippen LogP contribution in [0.3, 0.4) is 0 Å². The van der Waals surface area contributed by atoms with Gasteiger partial charge in [0.05, 0.1) is 0 Å². The zero-order chi connectivity index (χ0) is 7.84. The highest BCUT2D eigenvalue weighted by Crippen LogP contribution is 2.39. The highest BCUT2D eigenvalue weighted by Gasteiger charge is 2.29. The first-order chi connectivity index (χ1) is 5.27. The number of aromatic nitrogens is 1. The first-order valence-electron chi connectivity index (χ1n) is 3.87. The Morgan fingerprint density at radius 2 is 2.36 bits per heavy atom. The minimum absolute atomic E-state index is 0.0377. The third kappa shape index (κ3) is 1.28. The maximum absolute atomic E-state index is 12.5. The van der Waals surface area contributed by atoms with Crippen LogP contribution in [-0.4, -0.2) is 4.98 Å². The molecule has 0 aromatic carbocycles. The standard InChI is InChI=1S/C8H11FN2/c9-7-3-6(4-11-7)8(10)5-1-2-5/h3-5,8,11H,1-2,10H2. The average molecular weight is 154 g/mol. The SMILES string of the molecule is NC(c1c[nH]c(F)c1)C1CC1. The van der Waals surface area contributed by atoms with Crippen LogP contribution < -0.4 is 5.73 Å². The number of hydrogen-bond donors (Lipinski definition) is 2. The molecule has 3 N–H and O–H groups in total. The zero-order valence-electron chi connectivity index (χ0n) is 6.18.